The third-order valence-corrected chi connectivity index (χ3v) is 11.1. The fraction of sp³-hybridized carbons (Fsp3) is 0.514. The number of aliphatic hydroxyl groups excluding tert-OH is 1. The summed E-state index contributed by atoms with van der Waals surface area (Å²) in [6.45, 7) is 6.48. The molecule has 10 nitrogen and oxygen atoms in total. The van der Waals surface area contributed by atoms with Gasteiger partial charge in [0.2, 0.25) is 10.0 Å². The van der Waals surface area contributed by atoms with Crippen molar-refractivity contribution in [3.63, 3.8) is 0 Å². The van der Waals surface area contributed by atoms with E-state index in [1.54, 1.807) is 30.7 Å². The number of benzene rings is 3. The van der Waals surface area contributed by atoms with Gasteiger partial charge in [-0.25, -0.2) is 8.42 Å². The van der Waals surface area contributed by atoms with Gasteiger partial charge in [-0.05, 0) is 73.7 Å². The highest BCUT2D eigenvalue weighted by Gasteiger charge is 2.42. The summed E-state index contributed by atoms with van der Waals surface area (Å²) in [5.41, 5.74) is 4.05. The number of fused-ring (bicyclic) bond motifs is 1. The van der Waals surface area contributed by atoms with Crippen molar-refractivity contribution in [3.05, 3.63) is 83.4 Å². The molecule has 3 aromatic rings. The van der Waals surface area contributed by atoms with Gasteiger partial charge in [-0.2, -0.15) is 4.31 Å². The molecular formula is C37H50N2O8S. The second kappa shape index (κ2) is 17.5. The summed E-state index contributed by atoms with van der Waals surface area (Å²) >= 11 is 0. The summed E-state index contributed by atoms with van der Waals surface area (Å²) in [6.07, 6.45) is 2.12. The lowest BCUT2D eigenvalue weighted by molar-refractivity contribution is -0.0225. The van der Waals surface area contributed by atoms with Crippen LogP contribution in [0.4, 0.5) is 5.69 Å². The molecule has 2 aliphatic heterocycles. The van der Waals surface area contributed by atoms with Crippen molar-refractivity contribution in [1.29, 1.82) is 0 Å². The Morgan fingerprint density at radius 1 is 0.938 bits per heavy atom. The molecule has 2 aliphatic rings. The Hall–Kier alpha value is -3.19. The van der Waals surface area contributed by atoms with Crippen LogP contribution in [0.15, 0.2) is 71.6 Å². The predicted molar refractivity (Wildman–Crippen MR) is 186 cm³/mol. The first kappa shape index (κ1) is 36.1. The van der Waals surface area contributed by atoms with Gasteiger partial charge in [-0.15, -0.1) is 0 Å². The minimum absolute atomic E-state index is 0.0972. The molecule has 0 bridgehead atoms. The number of sulfonamides is 1. The van der Waals surface area contributed by atoms with Crippen molar-refractivity contribution in [2.75, 3.05) is 71.8 Å². The number of ether oxygens (including phenoxy) is 5. The van der Waals surface area contributed by atoms with Gasteiger partial charge < -0.3 is 33.7 Å². The molecule has 0 radical (unpaired) electrons. The molecule has 3 aromatic carbocycles. The van der Waals surface area contributed by atoms with Crippen molar-refractivity contribution in [3.8, 4) is 11.5 Å². The van der Waals surface area contributed by atoms with E-state index in [-0.39, 0.29) is 24.0 Å². The number of aliphatic hydroxyl groups is 1. The number of hydrogen-bond donors (Lipinski definition) is 1. The first-order valence-corrected chi connectivity index (χ1v) is 18.3. The molecule has 1 N–H and O–H groups in total. The van der Waals surface area contributed by atoms with E-state index in [4.69, 9.17) is 23.7 Å². The van der Waals surface area contributed by atoms with Crippen molar-refractivity contribution in [2.24, 2.45) is 0 Å². The normalized spacial score (nSPS) is 19.9. The zero-order valence-corrected chi connectivity index (χ0v) is 29.2. The second-order valence-corrected chi connectivity index (χ2v) is 14.4. The highest BCUT2D eigenvalue weighted by atomic mass is 32.2. The van der Waals surface area contributed by atoms with Gasteiger partial charge in [-0.1, -0.05) is 35.9 Å². The third-order valence-electron chi connectivity index (χ3n) is 9.13. The van der Waals surface area contributed by atoms with Crippen LogP contribution in [-0.4, -0.2) is 96.9 Å². The van der Waals surface area contributed by atoms with Crippen LogP contribution in [-0.2, 0) is 30.8 Å². The van der Waals surface area contributed by atoms with Crippen LogP contribution in [0.5, 0.6) is 11.5 Å². The van der Waals surface area contributed by atoms with Gasteiger partial charge in [0.1, 0.15) is 18.1 Å². The van der Waals surface area contributed by atoms with Gasteiger partial charge >= 0.3 is 0 Å². The fourth-order valence-corrected chi connectivity index (χ4v) is 8.21. The molecule has 11 heteroatoms. The third kappa shape index (κ3) is 9.07. The van der Waals surface area contributed by atoms with Crippen molar-refractivity contribution < 1.29 is 37.2 Å². The standard InChI is InChI=1S/C37H50N2O8S/c1-28-6-13-33(14-7-28)48(41,42)39-26-37(47-27-29-8-15-36-35(24-29)38(18-23-46-36)17-4-20-43-2)34(25-31(39)16-19-40)30-9-11-32(12-10-30)45-22-5-21-44-3/h6-15,24,31,34,37,40H,4-5,16-23,25-27H2,1-3H3/t31-,34+,37-/m0/s1. The minimum Gasteiger partial charge on any atom is -0.494 e. The van der Waals surface area contributed by atoms with Crippen LogP contribution >= 0.6 is 0 Å². The van der Waals surface area contributed by atoms with Crippen molar-refractivity contribution >= 4 is 15.7 Å². The topological polar surface area (TPSA) is 107 Å². The summed E-state index contributed by atoms with van der Waals surface area (Å²) in [5, 5.41) is 10.0. The maximum absolute atomic E-state index is 14.1. The van der Waals surface area contributed by atoms with Gasteiger partial charge in [-0.3, -0.25) is 0 Å². The second-order valence-electron chi connectivity index (χ2n) is 12.5. The molecule has 1 fully saturated rings. The van der Waals surface area contributed by atoms with Crippen molar-refractivity contribution in [1.82, 2.24) is 4.31 Å². The first-order valence-electron chi connectivity index (χ1n) is 16.9. The molecule has 2 heterocycles. The van der Waals surface area contributed by atoms with Crippen molar-refractivity contribution in [2.45, 2.75) is 62.2 Å². The van der Waals surface area contributed by atoms with Crippen LogP contribution < -0.4 is 14.4 Å². The zero-order chi connectivity index (χ0) is 33.9. The zero-order valence-electron chi connectivity index (χ0n) is 28.4. The van der Waals surface area contributed by atoms with Crippen LogP contribution in [0.25, 0.3) is 0 Å². The SMILES string of the molecule is COCCCOc1ccc([C@H]2C[C@H](CCO)N(S(=O)(=O)c3ccc(C)cc3)C[C@@H]2OCc2ccc3c(c2)N(CCCOC)CCO3)cc1. The molecule has 3 atom stereocenters. The molecule has 48 heavy (non-hydrogen) atoms. The van der Waals surface area contributed by atoms with Crippen LogP contribution in [0.1, 0.15) is 48.3 Å². The van der Waals surface area contributed by atoms with E-state index >= 15 is 0 Å². The molecule has 0 unspecified atom stereocenters. The molecule has 0 spiro atoms. The fourth-order valence-electron chi connectivity index (χ4n) is 6.53. The number of anilines is 1. The minimum atomic E-state index is -3.85. The molecule has 262 valence electrons. The first-order chi connectivity index (χ1) is 23.3. The maximum atomic E-state index is 14.1. The van der Waals surface area contributed by atoms with Crippen LogP contribution in [0.2, 0.25) is 0 Å². The monoisotopic (exact) mass is 682 g/mol. The lowest BCUT2D eigenvalue weighted by atomic mass is 9.83. The van der Waals surface area contributed by atoms with Gasteiger partial charge in [0.25, 0.3) is 0 Å². The smallest absolute Gasteiger partial charge is 0.243 e. The molecule has 1 saturated heterocycles. The summed E-state index contributed by atoms with van der Waals surface area (Å²) < 4.78 is 58.6. The summed E-state index contributed by atoms with van der Waals surface area (Å²) in [5.74, 6) is 1.52. The maximum Gasteiger partial charge on any atom is 0.243 e. The van der Waals surface area contributed by atoms with Gasteiger partial charge in [0.05, 0.1) is 36.4 Å². The summed E-state index contributed by atoms with van der Waals surface area (Å²) in [4.78, 5) is 2.56. The largest absolute Gasteiger partial charge is 0.494 e. The number of hydrogen-bond acceptors (Lipinski definition) is 9. The average molecular weight is 683 g/mol. The van der Waals surface area contributed by atoms with Crippen LogP contribution in [0, 0.1) is 6.92 Å². The number of methoxy groups -OCH3 is 2. The van der Waals surface area contributed by atoms with E-state index in [2.05, 4.69) is 11.0 Å². The van der Waals surface area contributed by atoms with E-state index in [0.717, 1.165) is 59.8 Å². The van der Waals surface area contributed by atoms with E-state index in [0.29, 0.717) is 45.9 Å². The van der Waals surface area contributed by atoms with E-state index in [9.17, 15) is 13.5 Å². The van der Waals surface area contributed by atoms with E-state index in [1.807, 2.05) is 55.5 Å². The van der Waals surface area contributed by atoms with E-state index < -0.39 is 22.2 Å². The Kier molecular flexibility index (Phi) is 13.1. The quantitative estimate of drug-likeness (QED) is 0.193. The molecule has 0 aromatic heterocycles. The number of rotatable bonds is 17. The molecule has 0 amide bonds. The Labute approximate surface area is 285 Å². The lowest BCUT2D eigenvalue weighted by Gasteiger charge is -2.43. The highest BCUT2D eigenvalue weighted by molar-refractivity contribution is 7.89. The highest BCUT2D eigenvalue weighted by Crippen LogP contribution is 2.39. The van der Waals surface area contributed by atoms with Gasteiger partial charge in [0.15, 0.2) is 0 Å². The predicted octanol–water partition coefficient (Wildman–Crippen LogP) is 5.16. The molecule has 0 aliphatic carbocycles. The molecule has 0 saturated carbocycles. The molecule has 5 rings (SSSR count). The summed E-state index contributed by atoms with van der Waals surface area (Å²) in [7, 11) is -0.456. The van der Waals surface area contributed by atoms with E-state index in [1.165, 1.54) is 0 Å². The Morgan fingerprint density at radius 3 is 2.42 bits per heavy atom. The average Bonchev–Trinajstić information content (AvgIpc) is 3.10. The van der Waals surface area contributed by atoms with Crippen LogP contribution in [0.3, 0.4) is 0 Å². The Bertz CT molecular complexity index is 1530. The molecular weight excluding hydrogens is 632 g/mol. The number of piperidine rings is 1. The summed E-state index contributed by atoms with van der Waals surface area (Å²) in [6, 6.07) is 20.7. The Morgan fingerprint density at radius 2 is 1.69 bits per heavy atom. The number of aryl methyl sites for hydroxylation is 1. The number of nitrogens with zero attached hydrogens (tertiary/aromatic N) is 2. The lowest BCUT2D eigenvalue weighted by Crippen LogP contribution is -2.52. The van der Waals surface area contributed by atoms with Gasteiger partial charge in [0, 0.05) is 65.5 Å². The Balaban J connectivity index is 1.40.